The zero-order valence-electron chi connectivity index (χ0n) is 9.65. The van der Waals surface area contributed by atoms with Crippen LogP contribution in [-0.2, 0) is 6.54 Å². The minimum atomic E-state index is -0.380. The number of hydrogen-bond donors (Lipinski definition) is 1. The number of benzene rings is 1. The fourth-order valence-electron chi connectivity index (χ4n) is 1.83. The lowest BCUT2D eigenvalue weighted by Crippen LogP contribution is -2.27. The minimum Gasteiger partial charge on any atom is -0.310 e. The number of rotatable bonds is 5. The number of halogens is 1. The van der Waals surface area contributed by atoms with Crippen LogP contribution in [0, 0.1) is 16.0 Å². The fourth-order valence-corrected chi connectivity index (χ4v) is 2.33. The van der Waals surface area contributed by atoms with E-state index in [1.165, 1.54) is 12.8 Å². The van der Waals surface area contributed by atoms with Crippen LogP contribution in [0.4, 0.5) is 5.69 Å². The molecule has 1 atom stereocenters. The van der Waals surface area contributed by atoms with Crippen molar-refractivity contribution in [1.29, 1.82) is 0 Å². The standard InChI is InChI=1S/C12H15BrN2O2/c1-8(9-2-3-9)14-7-10-4-5-11(15(16)17)6-12(10)13/h4-6,8-9,14H,2-3,7H2,1H3. The third-order valence-electron chi connectivity index (χ3n) is 3.19. The normalized spacial score (nSPS) is 16.8. The van der Waals surface area contributed by atoms with Crippen LogP contribution in [0.3, 0.4) is 0 Å². The molecule has 1 aromatic rings. The Bertz CT molecular complexity index is 433. The van der Waals surface area contributed by atoms with Crippen LogP contribution in [0.1, 0.15) is 25.3 Å². The van der Waals surface area contributed by atoms with Gasteiger partial charge >= 0.3 is 0 Å². The van der Waals surface area contributed by atoms with Crippen molar-refractivity contribution in [3.05, 3.63) is 38.3 Å². The highest BCUT2D eigenvalue weighted by Gasteiger charge is 2.27. The second kappa shape index (κ2) is 5.14. The maximum absolute atomic E-state index is 10.6. The summed E-state index contributed by atoms with van der Waals surface area (Å²) in [5, 5.41) is 14.0. The van der Waals surface area contributed by atoms with Crippen molar-refractivity contribution in [3.8, 4) is 0 Å². The Morgan fingerprint density at radius 2 is 2.29 bits per heavy atom. The van der Waals surface area contributed by atoms with Crippen LogP contribution in [-0.4, -0.2) is 11.0 Å². The van der Waals surface area contributed by atoms with Crippen LogP contribution >= 0.6 is 15.9 Å². The smallest absolute Gasteiger partial charge is 0.270 e. The second-order valence-corrected chi connectivity index (χ2v) is 5.39. The summed E-state index contributed by atoms with van der Waals surface area (Å²) in [6.07, 6.45) is 2.63. The summed E-state index contributed by atoms with van der Waals surface area (Å²) in [7, 11) is 0. The maximum atomic E-state index is 10.6. The molecule has 0 amide bonds. The zero-order chi connectivity index (χ0) is 12.4. The molecule has 1 N–H and O–H groups in total. The molecule has 17 heavy (non-hydrogen) atoms. The first kappa shape index (κ1) is 12.5. The topological polar surface area (TPSA) is 55.2 Å². The number of non-ortho nitro benzene ring substituents is 1. The van der Waals surface area contributed by atoms with Gasteiger partial charge < -0.3 is 5.32 Å². The monoisotopic (exact) mass is 298 g/mol. The molecule has 92 valence electrons. The van der Waals surface area contributed by atoms with Gasteiger partial charge in [0, 0.05) is 29.2 Å². The first-order chi connectivity index (χ1) is 8.08. The molecular formula is C12H15BrN2O2. The lowest BCUT2D eigenvalue weighted by Gasteiger charge is -2.13. The van der Waals surface area contributed by atoms with Crippen molar-refractivity contribution in [2.75, 3.05) is 0 Å². The summed E-state index contributed by atoms with van der Waals surface area (Å²) in [5.74, 6) is 0.812. The lowest BCUT2D eigenvalue weighted by atomic mass is 10.1. The summed E-state index contributed by atoms with van der Waals surface area (Å²) >= 11 is 3.37. The molecule has 0 saturated heterocycles. The molecular weight excluding hydrogens is 284 g/mol. The molecule has 1 aliphatic rings. The first-order valence-electron chi connectivity index (χ1n) is 5.74. The summed E-state index contributed by atoms with van der Waals surface area (Å²) < 4.78 is 0.794. The summed E-state index contributed by atoms with van der Waals surface area (Å²) in [4.78, 5) is 10.2. The summed E-state index contributed by atoms with van der Waals surface area (Å²) in [6.45, 7) is 2.94. The van der Waals surface area contributed by atoms with Crippen molar-refractivity contribution in [2.45, 2.75) is 32.4 Å². The Kier molecular flexibility index (Phi) is 3.79. The van der Waals surface area contributed by atoms with Crippen LogP contribution in [0.5, 0.6) is 0 Å². The highest BCUT2D eigenvalue weighted by molar-refractivity contribution is 9.10. The van der Waals surface area contributed by atoms with Crippen molar-refractivity contribution in [1.82, 2.24) is 5.32 Å². The largest absolute Gasteiger partial charge is 0.310 e. The predicted octanol–water partition coefficient (Wildman–Crippen LogP) is 3.25. The zero-order valence-corrected chi connectivity index (χ0v) is 11.2. The molecule has 2 rings (SSSR count). The Hall–Kier alpha value is -0.940. The van der Waals surface area contributed by atoms with Gasteiger partial charge in [-0.2, -0.15) is 0 Å². The van der Waals surface area contributed by atoms with Gasteiger partial charge in [-0.15, -0.1) is 0 Å². The van der Waals surface area contributed by atoms with E-state index in [1.54, 1.807) is 18.2 Å². The second-order valence-electron chi connectivity index (χ2n) is 4.54. The van der Waals surface area contributed by atoms with Crippen LogP contribution in [0.2, 0.25) is 0 Å². The minimum absolute atomic E-state index is 0.121. The van der Waals surface area contributed by atoms with Crippen LogP contribution in [0.25, 0.3) is 0 Å². The molecule has 0 heterocycles. The van der Waals surface area contributed by atoms with Gasteiger partial charge in [0.1, 0.15) is 0 Å². The number of nitrogens with zero attached hydrogens (tertiary/aromatic N) is 1. The molecule has 0 aromatic heterocycles. The van der Waals surface area contributed by atoms with Gasteiger partial charge in [-0.25, -0.2) is 0 Å². The Morgan fingerprint density at radius 1 is 1.59 bits per heavy atom. The van der Waals surface area contributed by atoms with E-state index in [9.17, 15) is 10.1 Å². The molecule has 1 unspecified atom stereocenters. The van der Waals surface area contributed by atoms with Crippen LogP contribution in [0.15, 0.2) is 22.7 Å². The van der Waals surface area contributed by atoms with E-state index in [1.807, 2.05) is 0 Å². The molecule has 1 aromatic carbocycles. The van der Waals surface area contributed by atoms with E-state index in [4.69, 9.17) is 0 Å². The van der Waals surface area contributed by atoms with Crippen molar-refractivity contribution in [2.24, 2.45) is 5.92 Å². The number of nitrogens with one attached hydrogen (secondary N) is 1. The molecule has 0 aliphatic heterocycles. The van der Waals surface area contributed by atoms with Gasteiger partial charge in [0.15, 0.2) is 0 Å². The van der Waals surface area contributed by atoms with Gasteiger partial charge in [-0.1, -0.05) is 15.9 Å². The average Bonchev–Trinajstić information content (AvgIpc) is 3.10. The van der Waals surface area contributed by atoms with E-state index >= 15 is 0 Å². The van der Waals surface area contributed by atoms with Gasteiger partial charge in [0.25, 0.3) is 5.69 Å². The predicted molar refractivity (Wildman–Crippen MR) is 69.8 cm³/mol. The van der Waals surface area contributed by atoms with Crippen molar-refractivity contribution < 1.29 is 4.92 Å². The highest BCUT2D eigenvalue weighted by atomic mass is 79.9. The summed E-state index contributed by atoms with van der Waals surface area (Å²) in [5.41, 5.74) is 1.18. The summed E-state index contributed by atoms with van der Waals surface area (Å²) in [6, 6.07) is 5.43. The van der Waals surface area contributed by atoms with E-state index in [2.05, 4.69) is 28.2 Å². The van der Waals surface area contributed by atoms with Gasteiger partial charge in [0.05, 0.1) is 4.92 Å². The Labute approximate surface area is 109 Å². The van der Waals surface area contributed by atoms with Gasteiger partial charge in [0.2, 0.25) is 0 Å². The highest BCUT2D eigenvalue weighted by Crippen LogP contribution is 2.32. The number of hydrogen-bond acceptors (Lipinski definition) is 3. The SMILES string of the molecule is CC(NCc1ccc([N+](=O)[O-])cc1Br)C1CC1. The fraction of sp³-hybridized carbons (Fsp3) is 0.500. The van der Waals surface area contributed by atoms with Crippen molar-refractivity contribution in [3.63, 3.8) is 0 Å². The van der Waals surface area contributed by atoms with E-state index in [0.29, 0.717) is 6.04 Å². The first-order valence-corrected chi connectivity index (χ1v) is 6.53. The quantitative estimate of drug-likeness (QED) is 0.670. The number of nitro groups is 1. The molecule has 4 nitrogen and oxygen atoms in total. The number of nitro benzene ring substituents is 1. The molecule has 0 bridgehead atoms. The average molecular weight is 299 g/mol. The third kappa shape index (κ3) is 3.26. The van der Waals surface area contributed by atoms with Gasteiger partial charge in [-0.3, -0.25) is 10.1 Å². The molecule has 1 fully saturated rings. The van der Waals surface area contributed by atoms with Gasteiger partial charge in [-0.05, 0) is 37.3 Å². The Balaban J connectivity index is 1.98. The van der Waals surface area contributed by atoms with E-state index in [-0.39, 0.29) is 10.6 Å². The lowest BCUT2D eigenvalue weighted by molar-refractivity contribution is -0.384. The Morgan fingerprint density at radius 3 is 2.82 bits per heavy atom. The molecule has 1 aliphatic carbocycles. The van der Waals surface area contributed by atoms with E-state index in [0.717, 1.165) is 22.5 Å². The molecule has 0 radical (unpaired) electrons. The molecule has 1 saturated carbocycles. The van der Waals surface area contributed by atoms with Crippen molar-refractivity contribution >= 4 is 21.6 Å². The maximum Gasteiger partial charge on any atom is 0.270 e. The molecule has 0 spiro atoms. The third-order valence-corrected chi connectivity index (χ3v) is 3.93. The van der Waals surface area contributed by atoms with Crippen LogP contribution < -0.4 is 5.32 Å². The molecule has 5 heteroatoms. The van der Waals surface area contributed by atoms with E-state index < -0.39 is 0 Å².